The summed E-state index contributed by atoms with van der Waals surface area (Å²) in [6.07, 6.45) is 0. The standard InChI is InChI=1S/C56H36/c1-3-16-41-34-44(28-26-37(41)12-1)43-20-9-21-45(36-43)49-30-32-54-53(55(49)51-24-10-18-39-14-5-7-22-47(39)51)33-31-50(46-29-27-38-13-2-4-17-42(38)35-46)56(54)52-25-11-19-40-15-6-8-23-48(40)52/h1-36H. The van der Waals surface area contributed by atoms with Crippen LogP contribution in [0.1, 0.15) is 0 Å². The lowest BCUT2D eigenvalue weighted by Gasteiger charge is -2.21. The van der Waals surface area contributed by atoms with Crippen LogP contribution < -0.4 is 0 Å². The molecule has 0 N–H and O–H groups in total. The molecule has 0 radical (unpaired) electrons. The molecule has 11 rings (SSSR count). The van der Waals surface area contributed by atoms with E-state index in [9.17, 15) is 0 Å². The molecule has 0 aromatic heterocycles. The van der Waals surface area contributed by atoms with E-state index >= 15 is 0 Å². The van der Waals surface area contributed by atoms with Crippen molar-refractivity contribution in [1.82, 2.24) is 0 Å². The van der Waals surface area contributed by atoms with Crippen molar-refractivity contribution in [2.75, 3.05) is 0 Å². The molecule has 0 spiro atoms. The molecule has 0 atom stereocenters. The van der Waals surface area contributed by atoms with Crippen LogP contribution in [0, 0.1) is 0 Å². The van der Waals surface area contributed by atoms with Gasteiger partial charge in [-0.05, 0) is 128 Å². The van der Waals surface area contributed by atoms with E-state index in [0.717, 1.165) is 0 Å². The van der Waals surface area contributed by atoms with E-state index in [-0.39, 0.29) is 0 Å². The topological polar surface area (TPSA) is 0 Å². The SMILES string of the molecule is c1cc(-c2ccc3ccccc3c2)cc(-c2ccc3c(-c4cccc5ccccc45)c(-c4ccc5ccccc5c4)ccc3c2-c2cccc3ccccc23)c1. The highest BCUT2D eigenvalue weighted by Gasteiger charge is 2.21. The zero-order valence-electron chi connectivity index (χ0n) is 30.8. The Hall–Kier alpha value is -7.28. The summed E-state index contributed by atoms with van der Waals surface area (Å²) in [5, 5.41) is 12.5. The minimum absolute atomic E-state index is 1.20. The van der Waals surface area contributed by atoms with Crippen LogP contribution in [-0.4, -0.2) is 0 Å². The largest absolute Gasteiger partial charge is 0.0616 e. The summed E-state index contributed by atoms with van der Waals surface area (Å²) in [5.41, 5.74) is 12.3. The van der Waals surface area contributed by atoms with Crippen molar-refractivity contribution in [1.29, 1.82) is 0 Å². The Balaban J connectivity index is 1.22. The first-order valence-corrected chi connectivity index (χ1v) is 19.4. The molecule has 0 fully saturated rings. The molecule has 0 saturated heterocycles. The molecule has 0 heterocycles. The second kappa shape index (κ2) is 13.2. The average Bonchev–Trinajstić information content (AvgIpc) is 3.27. The predicted octanol–water partition coefficient (Wildman–Crippen LogP) is 15.8. The van der Waals surface area contributed by atoms with Gasteiger partial charge in [-0.1, -0.05) is 200 Å². The number of fused-ring (bicyclic) bond motifs is 5. The second-order valence-electron chi connectivity index (χ2n) is 14.8. The summed E-state index contributed by atoms with van der Waals surface area (Å²) < 4.78 is 0. The number of hydrogen-bond acceptors (Lipinski definition) is 0. The third-order valence-corrected chi connectivity index (χ3v) is 11.6. The van der Waals surface area contributed by atoms with Crippen molar-refractivity contribution in [2.45, 2.75) is 0 Å². The maximum atomic E-state index is 2.38. The first-order chi connectivity index (χ1) is 27.8. The molecule has 0 saturated carbocycles. The van der Waals surface area contributed by atoms with Gasteiger partial charge in [0.25, 0.3) is 0 Å². The maximum Gasteiger partial charge on any atom is -0.00204 e. The summed E-state index contributed by atoms with van der Waals surface area (Å²) in [4.78, 5) is 0. The number of benzene rings is 11. The minimum Gasteiger partial charge on any atom is -0.0616 e. The van der Waals surface area contributed by atoms with Gasteiger partial charge in [-0.3, -0.25) is 0 Å². The van der Waals surface area contributed by atoms with Crippen LogP contribution in [0.25, 0.3) is 109 Å². The lowest BCUT2D eigenvalue weighted by atomic mass is 9.82. The minimum atomic E-state index is 1.20. The van der Waals surface area contributed by atoms with Crippen LogP contribution in [0.3, 0.4) is 0 Å². The van der Waals surface area contributed by atoms with Crippen molar-refractivity contribution in [3.8, 4) is 55.6 Å². The second-order valence-corrected chi connectivity index (χ2v) is 14.8. The molecule has 11 aromatic carbocycles. The van der Waals surface area contributed by atoms with Gasteiger partial charge >= 0.3 is 0 Å². The highest BCUT2D eigenvalue weighted by Crippen LogP contribution is 2.48. The highest BCUT2D eigenvalue weighted by atomic mass is 14.2. The van der Waals surface area contributed by atoms with E-state index in [1.807, 2.05) is 0 Å². The third-order valence-electron chi connectivity index (χ3n) is 11.6. The van der Waals surface area contributed by atoms with E-state index in [1.165, 1.54) is 109 Å². The zero-order chi connectivity index (χ0) is 37.0. The van der Waals surface area contributed by atoms with Gasteiger partial charge in [0.1, 0.15) is 0 Å². The van der Waals surface area contributed by atoms with Gasteiger partial charge in [0.15, 0.2) is 0 Å². The normalized spacial score (nSPS) is 11.6. The fraction of sp³-hybridized carbons (Fsp3) is 0. The Morgan fingerprint density at radius 3 is 1.14 bits per heavy atom. The average molecular weight is 709 g/mol. The molecule has 0 amide bonds. The predicted molar refractivity (Wildman–Crippen MR) is 241 cm³/mol. The van der Waals surface area contributed by atoms with Gasteiger partial charge in [0.05, 0.1) is 0 Å². The van der Waals surface area contributed by atoms with E-state index < -0.39 is 0 Å². The van der Waals surface area contributed by atoms with Crippen LogP contribution in [0.4, 0.5) is 0 Å². The van der Waals surface area contributed by atoms with Gasteiger partial charge in [0.2, 0.25) is 0 Å². The quantitative estimate of drug-likeness (QED) is 0.167. The number of hydrogen-bond donors (Lipinski definition) is 0. The Kier molecular flexibility index (Phi) is 7.60. The van der Waals surface area contributed by atoms with E-state index in [1.54, 1.807) is 0 Å². The van der Waals surface area contributed by atoms with E-state index in [4.69, 9.17) is 0 Å². The summed E-state index contributed by atoms with van der Waals surface area (Å²) >= 11 is 0. The molecule has 56 heavy (non-hydrogen) atoms. The summed E-state index contributed by atoms with van der Waals surface area (Å²) in [7, 11) is 0. The van der Waals surface area contributed by atoms with Crippen LogP contribution in [-0.2, 0) is 0 Å². The Labute approximate surface area is 326 Å². The molecular weight excluding hydrogens is 673 g/mol. The molecular formula is C56H36. The van der Waals surface area contributed by atoms with Crippen LogP contribution in [0.5, 0.6) is 0 Å². The monoisotopic (exact) mass is 708 g/mol. The Bertz CT molecular complexity index is 3300. The van der Waals surface area contributed by atoms with Crippen molar-refractivity contribution in [2.24, 2.45) is 0 Å². The molecule has 0 aliphatic rings. The molecule has 260 valence electrons. The van der Waals surface area contributed by atoms with Gasteiger partial charge in [0, 0.05) is 0 Å². The molecule has 0 heteroatoms. The zero-order valence-corrected chi connectivity index (χ0v) is 30.8. The highest BCUT2D eigenvalue weighted by molar-refractivity contribution is 6.18. The summed E-state index contributed by atoms with van der Waals surface area (Å²) in [6.45, 7) is 0. The third kappa shape index (κ3) is 5.38. The molecule has 0 unspecified atom stereocenters. The molecule has 11 aromatic rings. The summed E-state index contributed by atoms with van der Waals surface area (Å²) in [6, 6.07) is 80.6. The lowest BCUT2D eigenvalue weighted by molar-refractivity contribution is 1.60. The van der Waals surface area contributed by atoms with E-state index in [0.29, 0.717) is 0 Å². The molecule has 0 nitrogen and oxygen atoms in total. The Morgan fingerprint density at radius 1 is 0.179 bits per heavy atom. The van der Waals surface area contributed by atoms with Crippen molar-refractivity contribution >= 4 is 53.9 Å². The number of rotatable bonds is 5. The van der Waals surface area contributed by atoms with E-state index in [2.05, 4.69) is 218 Å². The first kappa shape index (κ1) is 32.2. The molecule has 0 aliphatic heterocycles. The summed E-state index contributed by atoms with van der Waals surface area (Å²) in [5.74, 6) is 0. The van der Waals surface area contributed by atoms with Crippen molar-refractivity contribution in [3.05, 3.63) is 218 Å². The van der Waals surface area contributed by atoms with Crippen molar-refractivity contribution in [3.63, 3.8) is 0 Å². The molecule has 0 bridgehead atoms. The molecule has 0 aliphatic carbocycles. The van der Waals surface area contributed by atoms with Gasteiger partial charge < -0.3 is 0 Å². The lowest BCUT2D eigenvalue weighted by Crippen LogP contribution is -1.94. The maximum absolute atomic E-state index is 2.38. The smallest absolute Gasteiger partial charge is 0.00204 e. The van der Waals surface area contributed by atoms with Gasteiger partial charge in [-0.2, -0.15) is 0 Å². The van der Waals surface area contributed by atoms with Gasteiger partial charge in [-0.15, -0.1) is 0 Å². The van der Waals surface area contributed by atoms with Gasteiger partial charge in [-0.25, -0.2) is 0 Å². The van der Waals surface area contributed by atoms with Crippen LogP contribution >= 0.6 is 0 Å². The first-order valence-electron chi connectivity index (χ1n) is 19.4. The Morgan fingerprint density at radius 2 is 0.571 bits per heavy atom. The van der Waals surface area contributed by atoms with Crippen molar-refractivity contribution < 1.29 is 0 Å². The fourth-order valence-corrected chi connectivity index (χ4v) is 8.95. The van der Waals surface area contributed by atoms with Crippen LogP contribution in [0.15, 0.2) is 218 Å². The fourth-order valence-electron chi connectivity index (χ4n) is 8.95. The van der Waals surface area contributed by atoms with Crippen LogP contribution in [0.2, 0.25) is 0 Å².